The lowest BCUT2D eigenvalue weighted by molar-refractivity contribution is -0.117. The maximum atomic E-state index is 12.2. The van der Waals surface area contributed by atoms with Crippen molar-refractivity contribution < 1.29 is 19.1 Å². The number of carbonyl (C=O) groups excluding carboxylic acids is 2. The lowest BCUT2D eigenvalue weighted by atomic mass is 9.94. The molecule has 2 rings (SSSR count). The van der Waals surface area contributed by atoms with Gasteiger partial charge in [0.25, 0.3) is 0 Å². The fraction of sp³-hybridized carbons (Fsp3) is 0.429. The van der Waals surface area contributed by atoms with E-state index in [0.29, 0.717) is 35.3 Å². The quantitative estimate of drug-likeness (QED) is 0.797. The van der Waals surface area contributed by atoms with Crippen LogP contribution < -0.4 is 9.47 Å². The molecule has 1 atom stereocenters. The molecule has 0 aromatic heterocycles. The normalized spacial score (nSPS) is 14.9. The number of rotatable bonds is 4. The van der Waals surface area contributed by atoms with Crippen LogP contribution in [0.15, 0.2) is 12.1 Å². The van der Waals surface area contributed by atoms with Crippen LogP contribution in [0.4, 0.5) is 0 Å². The SMILES string of the molecule is CC(=O)CC(C)C(=O)c1cc(Cl)c2c(c1)OCCO2. The number of benzene rings is 1. The summed E-state index contributed by atoms with van der Waals surface area (Å²) in [6.07, 6.45) is 0.227. The number of halogens is 1. The molecule has 0 amide bonds. The van der Waals surface area contributed by atoms with Crippen molar-refractivity contribution >= 4 is 23.2 Å². The third-order valence-corrected chi connectivity index (χ3v) is 3.20. The van der Waals surface area contributed by atoms with Crippen molar-refractivity contribution in [2.45, 2.75) is 20.3 Å². The fourth-order valence-electron chi connectivity index (χ4n) is 2.06. The molecule has 0 fully saturated rings. The van der Waals surface area contributed by atoms with Gasteiger partial charge in [-0.25, -0.2) is 0 Å². The number of hydrogen-bond acceptors (Lipinski definition) is 4. The Hall–Kier alpha value is -1.55. The van der Waals surface area contributed by atoms with Gasteiger partial charge in [0.15, 0.2) is 17.3 Å². The van der Waals surface area contributed by atoms with Crippen molar-refractivity contribution in [3.63, 3.8) is 0 Å². The average molecular weight is 283 g/mol. The van der Waals surface area contributed by atoms with Gasteiger partial charge < -0.3 is 14.3 Å². The molecule has 1 heterocycles. The number of ketones is 2. The van der Waals surface area contributed by atoms with Crippen LogP contribution in [0.3, 0.4) is 0 Å². The molecular weight excluding hydrogens is 268 g/mol. The Balaban J connectivity index is 2.28. The van der Waals surface area contributed by atoms with Crippen LogP contribution >= 0.6 is 11.6 Å². The Bertz CT molecular complexity index is 524. The van der Waals surface area contributed by atoms with Crippen molar-refractivity contribution in [2.24, 2.45) is 5.92 Å². The summed E-state index contributed by atoms with van der Waals surface area (Å²) in [4.78, 5) is 23.3. The van der Waals surface area contributed by atoms with Crippen molar-refractivity contribution in [2.75, 3.05) is 13.2 Å². The molecule has 5 heteroatoms. The molecule has 1 unspecified atom stereocenters. The summed E-state index contributed by atoms with van der Waals surface area (Å²) in [5.74, 6) is 0.468. The summed E-state index contributed by atoms with van der Waals surface area (Å²) in [6.45, 7) is 4.08. The van der Waals surface area contributed by atoms with E-state index in [1.807, 2.05) is 0 Å². The van der Waals surface area contributed by atoms with E-state index in [2.05, 4.69) is 0 Å². The molecule has 1 aromatic carbocycles. The molecule has 0 saturated heterocycles. The minimum Gasteiger partial charge on any atom is -0.486 e. The molecule has 1 aliphatic heterocycles. The average Bonchev–Trinajstić information content (AvgIpc) is 2.37. The van der Waals surface area contributed by atoms with Gasteiger partial charge in [0.1, 0.15) is 19.0 Å². The standard InChI is InChI=1S/C14H15ClO4/c1-8(5-9(2)16)13(17)10-6-11(15)14-12(7-10)18-3-4-19-14/h6-8H,3-5H2,1-2H3. The second kappa shape index (κ2) is 5.61. The van der Waals surface area contributed by atoms with Gasteiger partial charge >= 0.3 is 0 Å². The zero-order chi connectivity index (χ0) is 14.0. The first-order valence-electron chi connectivity index (χ1n) is 6.12. The molecule has 0 radical (unpaired) electrons. The van der Waals surface area contributed by atoms with Crippen LogP contribution in [-0.2, 0) is 4.79 Å². The van der Waals surface area contributed by atoms with Gasteiger partial charge in [0, 0.05) is 17.9 Å². The summed E-state index contributed by atoms with van der Waals surface area (Å²) < 4.78 is 10.8. The molecule has 1 aromatic rings. The summed E-state index contributed by atoms with van der Waals surface area (Å²) in [5.41, 5.74) is 0.447. The first-order valence-corrected chi connectivity index (χ1v) is 6.49. The van der Waals surface area contributed by atoms with E-state index in [9.17, 15) is 9.59 Å². The lowest BCUT2D eigenvalue weighted by Gasteiger charge is -2.20. The summed E-state index contributed by atoms with van der Waals surface area (Å²) in [7, 11) is 0. The molecule has 0 N–H and O–H groups in total. The molecule has 0 aliphatic carbocycles. The van der Waals surface area contributed by atoms with Crippen LogP contribution in [0.5, 0.6) is 11.5 Å². The van der Waals surface area contributed by atoms with E-state index in [1.54, 1.807) is 19.1 Å². The second-order valence-electron chi connectivity index (χ2n) is 4.65. The van der Waals surface area contributed by atoms with Crippen LogP contribution in [0.1, 0.15) is 30.6 Å². The Morgan fingerprint density at radius 2 is 2.00 bits per heavy atom. The summed E-state index contributed by atoms with van der Waals surface area (Å²) in [6, 6.07) is 3.19. The zero-order valence-corrected chi connectivity index (χ0v) is 11.6. The van der Waals surface area contributed by atoms with Crippen molar-refractivity contribution in [3.8, 4) is 11.5 Å². The number of Topliss-reactive ketones (excluding diaryl/α,β-unsaturated/α-hetero) is 2. The molecule has 0 spiro atoms. The monoisotopic (exact) mass is 282 g/mol. The number of fused-ring (bicyclic) bond motifs is 1. The Labute approximate surface area is 116 Å². The van der Waals surface area contributed by atoms with E-state index in [4.69, 9.17) is 21.1 Å². The van der Waals surface area contributed by atoms with E-state index in [-0.39, 0.29) is 23.9 Å². The predicted molar refractivity (Wildman–Crippen MR) is 71.2 cm³/mol. The Kier molecular flexibility index (Phi) is 4.10. The van der Waals surface area contributed by atoms with Gasteiger partial charge in [-0.15, -0.1) is 0 Å². The predicted octanol–water partition coefficient (Wildman–Crippen LogP) is 2.91. The largest absolute Gasteiger partial charge is 0.486 e. The Morgan fingerprint density at radius 1 is 1.32 bits per heavy atom. The molecule has 19 heavy (non-hydrogen) atoms. The number of hydrogen-bond donors (Lipinski definition) is 0. The summed E-state index contributed by atoms with van der Waals surface area (Å²) >= 11 is 6.08. The van der Waals surface area contributed by atoms with Crippen LogP contribution in [0.2, 0.25) is 5.02 Å². The number of carbonyl (C=O) groups is 2. The molecule has 0 saturated carbocycles. The number of ether oxygens (including phenoxy) is 2. The molecule has 1 aliphatic rings. The highest BCUT2D eigenvalue weighted by Crippen LogP contribution is 2.38. The van der Waals surface area contributed by atoms with E-state index >= 15 is 0 Å². The van der Waals surface area contributed by atoms with Crippen LogP contribution in [0, 0.1) is 5.92 Å². The molecule has 4 nitrogen and oxygen atoms in total. The molecule has 0 bridgehead atoms. The molecule has 102 valence electrons. The smallest absolute Gasteiger partial charge is 0.179 e. The topological polar surface area (TPSA) is 52.6 Å². The van der Waals surface area contributed by atoms with E-state index in [1.165, 1.54) is 6.92 Å². The highest BCUT2D eigenvalue weighted by Gasteiger charge is 2.22. The first-order chi connectivity index (χ1) is 8.99. The van der Waals surface area contributed by atoms with Gasteiger partial charge in [-0.2, -0.15) is 0 Å². The van der Waals surface area contributed by atoms with Crippen molar-refractivity contribution in [3.05, 3.63) is 22.7 Å². The van der Waals surface area contributed by atoms with Gasteiger partial charge in [-0.1, -0.05) is 18.5 Å². The minimum absolute atomic E-state index is 0.00973. The third-order valence-electron chi connectivity index (χ3n) is 2.92. The highest BCUT2D eigenvalue weighted by atomic mass is 35.5. The maximum absolute atomic E-state index is 12.2. The van der Waals surface area contributed by atoms with E-state index in [0.717, 1.165) is 0 Å². The highest BCUT2D eigenvalue weighted by molar-refractivity contribution is 6.32. The minimum atomic E-state index is -0.365. The summed E-state index contributed by atoms with van der Waals surface area (Å²) in [5, 5.41) is 0.357. The van der Waals surface area contributed by atoms with Gasteiger partial charge in [0.2, 0.25) is 0 Å². The second-order valence-corrected chi connectivity index (χ2v) is 5.06. The van der Waals surface area contributed by atoms with Gasteiger partial charge in [-0.3, -0.25) is 4.79 Å². The van der Waals surface area contributed by atoms with Gasteiger partial charge in [-0.05, 0) is 19.1 Å². The van der Waals surface area contributed by atoms with Crippen LogP contribution in [0.25, 0.3) is 0 Å². The molecular formula is C14H15ClO4. The maximum Gasteiger partial charge on any atom is 0.179 e. The van der Waals surface area contributed by atoms with Gasteiger partial charge in [0.05, 0.1) is 5.02 Å². The van der Waals surface area contributed by atoms with E-state index < -0.39 is 0 Å². The Morgan fingerprint density at radius 3 is 2.68 bits per heavy atom. The zero-order valence-electron chi connectivity index (χ0n) is 10.9. The lowest BCUT2D eigenvalue weighted by Crippen LogP contribution is -2.18. The fourth-order valence-corrected chi connectivity index (χ4v) is 2.33. The van der Waals surface area contributed by atoms with Crippen LogP contribution in [-0.4, -0.2) is 24.8 Å². The van der Waals surface area contributed by atoms with Crippen molar-refractivity contribution in [1.82, 2.24) is 0 Å². The third kappa shape index (κ3) is 3.07. The first kappa shape index (κ1) is 13.9. The van der Waals surface area contributed by atoms with Crippen molar-refractivity contribution in [1.29, 1.82) is 0 Å².